The van der Waals surface area contributed by atoms with E-state index in [1.54, 1.807) is 7.11 Å². The van der Waals surface area contributed by atoms with Gasteiger partial charge in [-0.1, -0.05) is 30.7 Å². The van der Waals surface area contributed by atoms with Crippen molar-refractivity contribution in [1.29, 1.82) is 0 Å². The minimum absolute atomic E-state index is 0.0622. The Morgan fingerprint density at radius 3 is 2.75 bits per heavy atom. The Hall–Kier alpha value is -0.730. The maximum Gasteiger partial charge on any atom is 0.140 e. The molecule has 0 heterocycles. The Morgan fingerprint density at radius 2 is 2.19 bits per heavy atom. The third-order valence-corrected chi connectivity index (χ3v) is 3.64. The van der Waals surface area contributed by atoms with Crippen molar-refractivity contribution in [2.75, 3.05) is 7.11 Å². The van der Waals surface area contributed by atoms with Crippen molar-refractivity contribution >= 4 is 11.6 Å². The molecule has 88 valence electrons. The fourth-order valence-electron chi connectivity index (χ4n) is 2.21. The molecular weight excluding hydrogens is 222 g/mol. The third kappa shape index (κ3) is 2.33. The van der Waals surface area contributed by atoms with Crippen molar-refractivity contribution in [3.05, 3.63) is 28.8 Å². The van der Waals surface area contributed by atoms with Crippen LogP contribution in [0.4, 0.5) is 0 Å². The summed E-state index contributed by atoms with van der Waals surface area (Å²) in [6.07, 6.45) is 3.28. The number of benzene rings is 1. The molecule has 1 saturated carbocycles. The van der Waals surface area contributed by atoms with Crippen molar-refractivity contribution in [3.63, 3.8) is 0 Å². The van der Waals surface area contributed by atoms with E-state index in [9.17, 15) is 0 Å². The average Bonchev–Trinajstić information content (AvgIpc) is 2.95. The molecular formula is C13H18ClNO. The second kappa shape index (κ2) is 4.27. The molecule has 2 N–H and O–H groups in total. The third-order valence-electron chi connectivity index (χ3n) is 3.34. The smallest absolute Gasteiger partial charge is 0.140 e. The molecule has 0 amide bonds. The van der Waals surface area contributed by atoms with Gasteiger partial charge >= 0.3 is 0 Å². The topological polar surface area (TPSA) is 35.2 Å². The van der Waals surface area contributed by atoms with Crippen LogP contribution < -0.4 is 10.5 Å². The van der Waals surface area contributed by atoms with E-state index in [2.05, 4.69) is 13.0 Å². The first-order valence-electron chi connectivity index (χ1n) is 5.67. The Labute approximate surface area is 102 Å². The monoisotopic (exact) mass is 239 g/mol. The molecule has 0 aliphatic heterocycles. The molecule has 0 spiro atoms. The van der Waals surface area contributed by atoms with Crippen molar-refractivity contribution in [1.82, 2.24) is 0 Å². The Kier molecular flexibility index (Phi) is 3.13. The van der Waals surface area contributed by atoms with E-state index in [1.165, 1.54) is 0 Å². The number of ether oxygens (including phenoxy) is 1. The summed E-state index contributed by atoms with van der Waals surface area (Å²) in [7, 11) is 1.66. The van der Waals surface area contributed by atoms with Crippen LogP contribution in [0.1, 0.15) is 37.7 Å². The van der Waals surface area contributed by atoms with Gasteiger partial charge in [0.1, 0.15) is 5.75 Å². The summed E-state index contributed by atoms with van der Waals surface area (Å²) >= 11 is 6.10. The van der Waals surface area contributed by atoms with Gasteiger partial charge in [-0.15, -0.1) is 0 Å². The predicted octanol–water partition coefficient (Wildman–Crippen LogP) is 3.33. The average molecular weight is 240 g/mol. The number of para-hydroxylation sites is 1. The number of rotatable bonds is 4. The Balaban J connectivity index is 2.21. The predicted molar refractivity (Wildman–Crippen MR) is 67.2 cm³/mol. The van der Waals surface area contributed by atoms with Crippen LogP contribution in [-0.2, 0) is 0 Å². The minimum Gasteiger partial charge on any atom is -0.495 e. The molecule has 3 heteroatoms. The van der Waals surface area contributed by atoms with Gasteiger partial charge in [0.15, 0.2) is 0 Å². The van der Waals surface area contributed by atoms with Gasteiger partial charge in [0, 0.05) is 5.54 Å². The fourth-order valence-corrected chi connectivity index (χ4v) is 2.47. The van der Waals surface area contributed by atoms with Crippen LogP contribution in [0.15, 0.2) is 18.2 Å². The SMILES string of the molecule is COc1c(Cl)cccc1C(C)CC1(N)CC1. The molecule has 0 saturated heterocycles. The zero-order chi connectivity index (χ0) is 11.8. The maximum atomic E-state index is 6.14. The summed E-state index contributed by atoms with van der Waals surface area (Å²) in [4.78, 5) is 0. The van der Waals surface area contributed by atoms with Crippen LogP contribution in [0.25, 0.3) is 0 Å². The highest BCUT2D eigenvalue weighted by molar-refractivity contribution is 6.32. The quantitative estimate of drug-likeness (QED) is 0.875. The van der Waals surface area contributed by atoms with Gasteiger partial charge < -0.3 is 10.5 Å². The number of nitrogens with two attached hydrogens (primary N) is 1. The van der Waals surface area contributed by atoms with E-state index >= 15 is 0 Å². The van der Waals surface area contributed by atoms with Gasteiger partial charge in [-0.05, 0) is 36.8 Å². The van der Waals surface area contributed by atoms with Crippen molar-refractivity contribution < 1.29 is 4.74 Å². The zero-order valence-corrected chi connectivity index (χ0v) is 10.6. The van der Waals surface area contributed by atoms with Gasteiger partial charge in [-0.2, -0.15) is 0 Å². The molecule has 1 aromatic rings. The first-order chi connectivity index (χ1) is 7.56. The molecule has 1 unspecified atom stereocenters. The molecule has 1 aromatic carbocycles. The van der Waals surface area contributed by atoms with Gasteiger partial charge in [0.25, 0.3) is 0 Å². The highest BCUT2D eigenvalue weighted by Gasteiger charge is 2.39. The van der Waals surface area contributed by atoms with Gasteiger partial charge in [0.2, 0.25) is 0 Å². The van der Waals surface area contributed by atoms with E-state index in [0.717, 1.165) is 30.6 Å². The highest BCUT2D eigenvalue weighted by atomic mass is 35.5. The summed E-state index contributed by atoms with van der Waals surface area (Å²) in [6, 6.07) is 5.89. The molecule has 1 atom stereocenters. The second-order valence-electron chi connectivity index (χ2n) is 4.83. The fraction of sp³-hybridized carbons (Fsp3) is 0.538. The lowest BCUT2D eigenvalue weighted by Crippen LogP contribution is -2.23. The van der Waals surface area contributed by atoms with E-state index in [1.807, 2.05) is 12.1 Å². The van der Waals surface area contributed by atoms with Crippen molar-refractivity contribution in [2.24, 2.45) is 5.73 Å². The molecule has 1 aliphatic carbocycles. The Bertz CT molecular complexity index is 388. The summed E-state index contributed by atoms with van der Waals surface area (Å²) in [5.74, 6) is 1.18. The van der Waals surface area contributed by atoms with E-state index in [4.69, 9.17) is 22.1 Å². The number of halogens is 1. The summed E-state index contributed by atoms with van der Waals surface area (Å²) < 4.78 is 5.36. The largest absolute Gasteiger partial charge is 0.495 e. The lowest BCUT2D eigenvalue weighted by molar-refractivity contribution is 0.402. The van der Waals surface area contributed by atoms with E-state index in [-0.39, 0.29) is 5.54 Å². The van der Waals surface area contributed by atoms with Crippen LogP contribution in [0.3, 0.4) is 0 Å². The molecule has 0 aromatic heterocycles. The standard InChI is InChI=1S/C13H18ClNO/c1-9(8-13(15)6-7-13)10-4-3-5-11(14)12(10)16-2/h3-5,9H,6-8,15H2,1-2H3. The van der Waals surface area contributed by atoms with Crippen molar-refractivity contribution in [3.8, 4) is 5.75 Å². The summed E-state index contributed by atoms with van der Waals surface area (Å²) in [5.41, 5.74) is 7.36. The van der Waals surface area contributed by atoms with Crippen LogP contribution >= 0.6 is 11.6 Å². The minimum atomic E-state index is 0.0622. The first kappa shape index (κ1) is 11.7. The van der Waals surface area contributed by atoms with Crippen LogP contribution in [0.2, 0.25) is 5.02 Å². The maximum absolute atomic E-state index is 6.14. The molecule has 0 radical (unpaired) electrons. The normalized spacial score (nSPS) is 19.2. The number of methoxy groups -OCH3 is 1. The molecule has 0 bridgehead atoms. The highest BCUT2D eigenvalue weighted by Crippen LogP contribution is 2.43. The molecule has 16 heavy (non-hydrogen) atoms. The zero-order valence-electron chi connectivity index (χ0n) is 9.79. The second-order valence-corrected chi connectivity index (χ2v) is 5.24. The van der Waals surface area contributed by atoms with Crippen LogP contribution in [0.5, 0.6) is 5.75 Å². The number of hydrogen-bond donors (Lipinski definition) is 1. The summed E-state index contributed by atoms with van der Waals surface area (Å²) in [6.45, 7) is 2.18. The molecule has 1 fully saturated rings. The van der Waals surface area contributed by atoms with Crippen LogP contribution in [0, 0.1) is 0 Å². The molecule has 1 aliphatic rings. The van der Waals surface area contributed by atoms with Gasteiger partial charge in [-0.25, -0.2) is 0 Å². The van der Waals surface area contributed by atoms with E-state index < -0.39 is 0 Å². The number of hydrogen-bond acceptors (Lipinski definition) is 2. The lowest BCUT2D eigenvalue weighted by Gasteiger charge is -2.19. The summed E-state index contributed by atoms with van der Waals surface area (Å²) in [5, 5.41) is 0.675. The van der Waals surface area contributed by atoms with E-state index in [0.29, 0.717) is 10.9 Å². The van der Waals surface area contributed by atoms with Crippen LogP contribution in [-0.4, -0.2) is 12.6 Å². The molecule has 2 nitrogen and oxygen atoms in total. The first-order valence-corrected chi connectivity index (χ1v) is 6.05. The van der Waals surface area contributed by atoms with Gasteiger partial charge in [0.05, 0.1) is 12.1 Å². The van der Waals surface area contributed by atoms with Gasteiger partial charge in [-0.3, -0.25) is 0 Å². The van der Waals surface area contributed by atoms with Crippen molar-refractivity contribution in [2.45, 2.75) is 37.6 Å². The molecule has 2 rings (SSSR count). The Morgan fingerprint density at radius 1 is 1.50 bits per heavy atom. The lowest BCUT2D eigenvalue weighted by atomic mass is 9.92.